The van der Waals surface area contributed by atoms with Crippen LogP contribution >= 0.6 is 0 Å². The highest BCUT2D eigenvalue weighted by atomic mass is 16.2. The number of para-hydroxylation sites is 1. The molecule has 1 aromatic carbocycles. The molecule has 0 bridgehead atoms. The van der Waals surface area contributed by atoms with Crippen LogP contribution in [-0.2, 0) is 9.59 Å². The van der Waals surface area contributed by atoms with Gasteiger partial charge in [0.15, 0.2) is 0 Å². The molecule has 1 aliphatic heterocycles. The highest BCUT2D eigenvalue weighted by Crippen LogP contribution is 2.28. The molecule has 88 valence electrons. The second-order valence-corrected chi connectivity index (χ2v) is 4.03. The molecule has 0 aromatic heterocycles. The molecule has 1 aliphatic rings. The van der Waals surface area contributed by atoms with Crippen LogP contribution in [-0.4, -0.2) is 43.1 Å². The first-order valence-corrected chi connectivity index (χ1v) is 5.17. The number of nitrogens with zero attached hydrogens (tertiary/aromatic N) is 2. The van der Waals surface area contributed by atoms with Gasteiger partial charge in [-0.3, -0.25) is 19.3 Å². The van der Waals surface area contributed by atoms with E-state index in [1.807, 2.05) is 0 Å². The smallest absolute Gasteiger partial charge is 0.299 e. The van der Waals surface area contributed by atoms with Gasteiger partial charge in [0.1, 0.15) is 6.54 Å². The van der Waals surface area contributed by atoms with Crippen LogP contribution in [0.1, 0.15) is 10.4 Å². The summed E-state index contributed by atoms with van der Waals surface area (Å²) in [6.07, 6.45) is 0. The lowest BCUT2D eigenvalue weighted by Gasteiger charge is -2.18. The number of carbonyl (C=O) groups is 3. The number of carbonyl (C=O) groups excluding carboxylic acids is 3. The van der Waals surface area contributed by atoms with E-state index in [1.165, 1.54) is 9.80 Å². The molecule has 0 fully saturated rings. The molecule has 0 aliphatic carbocycles. The topological polar surface area (TPSA) is 57.7 Å². The Morgan fingerprint density at radius 2 is 1.88 bits per heavy atom. The molecule has 2 amide bonds. The summed E-state index contributed by atoms with van der Waals surface area (Å²) in [5.74, 6) is -1.41. The van der Waals surface area contributed by atoms with Crippen LogP contribution in [0.4, 0.5) is 5.69 Å². The molecular formula is C12H12N2O3. The molecule has 2 rings (SSSR count). The first-order valence-electron chi connectivity index (χ1n) is 5.17. The third-order valence-corrected chi connectivity index (χ3v) is 2.67. The number of hydrogen-bond acceptors (Lipinski definition) is 3. The summed E-state index contributed by atoms with van der Waals surface area (Å²) < 4.78 is 0. The molecular weight excluding hydrogens is 220 g/mol. The van der Waals surface area contributed by atoms with E-state index >= 15 is 0 Å². The fourth-order valence-corrected chi connectivity index (χ4v) is 1.68. The molecule has 0 atom stereocenters. The monoisotopic (exact) mass is 232 g/mol. The Labute approximate surface area is 98.6 Å². The average Bonchev–Trinajstić information content (AvgIpc) is 2.55. The highest BCUT2D eigenvalue weighted by molar-refractivity contribution is 6.52. The van der Waals surface area contributed by atoms with Crippen molar-refractivity contribution < 1.29 is 14.4 Å². The Hall–Kier alpha value is -2.17. The first kappa shape index (κ1) is 11.3. The zero-order chi connectivity index (χ0) is 12.6. The van der Waals surface area contributed by atoms with Crippen molar-refractivity contribution >= 4 is 23.3 Å². The van der Waals surface area contributed by atoms with Gasteiger partial charge < -0.3 is 4.90 Å². The number of Topliss-reactive ketones (excluding diaryl/α,β-unsaturated/α-hetero) is 1. The van der Waals surface area contributed by atoms with Crippen molar-refractivity contribution in [2.24, 2.45) is 0 Å². The maximum absolute atomic E-state index is 11.7. The molecule has 0 saturated heterocycles. The number of anilines is 1. The van der Waals surface area contributed by atoms with Gasteiger partial charge in [0.2, 0.25) is 5.91 Å². The van der Waals surface area contributed by atoms with Gasteiger partial charge in [-0.2, -0.15) is 0 Å². The summed E-state index contributed by atoms with van der Waals surface area (Å²) in [6, 6.07) is 6.69. The van der Waals surface area contributed by atoms with Crippen LogP contribution in [0.3, 0.4) is 0 Å². The number of hydrogen-bond donors (Lipinski definition) is 0. The first-order chi connectivity index (χ1) is 8.02. The second kappa shape index (κ2) is 4.01. The Morgan fingerprint density at radius 1 is 1.24 bits per heavy atom. The Balaban J connectivity index is 2.34. The maximum atomic E-state index is 11.7. The Morgan fingerprint density at radius 3 is 2.53 bits per heavy atom. The minimum absolute atomic E-state index is 0.103. The summed E-state index contributed by atoms with van der Waals surface area (Å²) in [5, 5.41) is 0. The van der Waals surface area contributed by atoms with E-state index in [4.69, 9.17) is 0 Å². The van der Waals surface area contributed by atoms with Crippen molar-refractivity contribution in [3.8, 4) is 0 Å². The molecule has 0 unspecified atom stereocenters. The predicted octanol–water partition coefficient (Wildman–Crippen LogP) is 0.304. The van der Waals surface area contributed by atoms with Crippen molar-refractivity contribution in [3.63, 3.8) is 0 Å². The third kappa shape index (κ3) is 1.80. The lowest BCUT2D eigenvalue weighted by Crippen LogP contribution is -2.39. The molecule has 0 spiro atoms. The van der Waals surface area contributed by atoms with Gasteiger partial charge >= 0.3 is 0 Å². The van der Waals surface area contributed by atoms with Gasteiger partial charge in [-0.1, -0.05) is 12.1 Å². The van der Waals surface area contributed by atoms with E-state index in [0.29, 0.717) is 11.3 Å². The van der Waals surface area contributed by atoms with Gasteiger partial charge in [-0.15, -0.1) is 0 Å². The fourth-order valence-electron chi connectivity index (χ4n) is 1.68. The summed E-state index contributed by atoms with van der Waals surface area (Å²) in [5.41, 5.74) is 0.877. The minimum Gasteiger partial charge on any atom is -0.347 e. The van der Waals surface area contributed by atoms with Gasteiger partial charge in [0, 0.05) is 14.1 Å². The second-order valence-electron chi connectivity index (χ2n) is 4.03. The molecule has 5 nitrogen and oxygen atoms in total. The van der Waals surface area contributed by atoms with Crippen LogP contribution in [0.25, 0.3) is 0 Å². The standard InChI is InChI=1S/C12H12N2O3/c1-13(2)10(15)7-14-9-6-4-3-5-8(9)11(16)12(14)17/h3-6H,7H2,1-2H3. The summed E-state index contributed by atoms with van der Waals surface area (Å²) >= 11 is 0. The van der Waals surface area contributed by atoms with Gasteiger partial charge in [-0.05, 0) is 12.1 Å². The minimum atomic E-state index is -0.638. The van der Waals surface area contributed by atoms with Gasteiger partial charge in [-0.25, -0.2) is 0 Å². The highest BCUT2D eigenvalue weighted by Gasteiger charge is 2.36. The summed E-state index contributed by atoms with van der Waals surface area (Å²) in [7, 11) is 3.22. The lowest BCUT2D eigenvalue weighted by atomic mass is 10.1. The number of ketones is 1. The fraction of sp³-hybridized carbons (Fsp3) is 0.250. The molecule has 0 saturated carbocycles. The number of likely N-dealkylation sites (N-methyl/N-ethyl adjacent to an activating group) is 1. The molecule has 0 N–H and O–H groups in total. The van der Waals surface area contributed by atoms with E-state index in [1.54, 1.807) is 38.4 Å². The third-order valence-electron chi connectivity index (χ3n) is 2.67. The van der Waals surface area contributed by atoms with E-state index in [-0.39, 0.29) is 12.5 Å². The van der Waals surface area contributed by atoms with Crippen LogP contribution in [0.2, 0.25) is 0 Å². The van der Waals surface area contributed by atoms with E-state index in [0.717, 1.165) is 0 Å². The number of amides is 2. The normalized spacial score (nSPS) is 13.9. The molecule has 0 radical (unpaired) electrons. The van der Waals surface area contributed by atoms with Crippen LogP contribution in [0, 0.1) is 0 Å². The molecule has 5 heteroatoms. The van der Waals surface area contributed by atoms with Gasteiger partial charge in [0.25, 0.3) is 11.7 Å². The number of fused-ring (bicyclic) bond motifs is 1. The zero-order valence-electron chi connectivity index (χ0n) is 9.64. The maximum Gasteiger partial charge on any atom is 0.299 e. The predicted molar refractivity (Wildman–Crippen MR) is 61.8 cm³/mol. The van der Waals surface area contributed by atoms with E-state index < -0.39 is 11.7 Å². The van der Waals surface area contributed by atoms with Crippen molar-refractivity contribution in [1.29, 1.82) is 0 Å². The van der Waals surface area contributed by atoms with E-state index in [9.17, 15) is 14.4 Å². The summed E-state index contributed by atoms with van der Waals surface area (Å²) in [4.78, 5) is 37.6. The van der Waals surface area contributed by atoms with Crippen molar-refractivity contribution in [1.82, 2.24) is 4.90 Å². The Bertz CT molecular complexity index is 508. The molecule has 17 heavy (non-hydrogen) atoms. The molecule has 1 aromatic rings. The van der Waals surface area contributed by atoms with Crippen LogP contribution < -0.4 is 4.90 Å². The SMILES string of the molecule is CN(C)C(=O)CN1C(=O)C(=O)c2ccccc21. The summed E-state index contributed by atoms with van der Waals surface area (Å²) in [6.45, 7) is -0.103. The quantitative estimate of drug-likeness (QED) is 0.689. The largest absolute Gasteiger partial charge is 0.347 e. The van der Waals surface area contributed by atoms with Crippen molar-refractivity contribution in [2.75, 3.05) is 25.5 Å². The van der Waals surface area contributed by atoms with E-state index in [2.05, 4.69) is 0 Å². The lowest BCUT2D eigenvalue weighted by molar-refractivity contribution is -0.128. The molecule has 1 heterocycles. The van der Waals surface area contributed by atoms with Crippen LogP contribution in [0.15, 0.2) is 24.3 Å². The average molecular weight is 232 g/mol. The van der Waals surface area contributed by atoms with Crippen LogP contribution in [0.5, 0.6) is 0 Å². The van der Waals surface area contributed by atoms with Crippen molar-refractivity contribution in [3.05, 3.63) is 29.8 Å². The zero-order valence-corrected chi connectivity index (χ0v) is 9.64. The Kier molecular flexibility index (Phi) is 2.67. The van der Waals surface area contributed by atoms with Crippen molar-refractivity contribution in [2.45, 2.75) is 0 Å². The van der Waals surface area contributed by atoms with Gasteiger partial charge in [0.05, 0.1) is 11.3 Å². The number of rotatable bonds is 2. The number of benzene rings is 1.